The van der Waals surface area contributed by atoms with Crippen molar-refractivity contribution in [2.45, 2.75) is 65.8 Å². The van der Waals surface area contributed by atoms with Crippen molar-refractivity contribution in [2.24, 2.45) is 0 Å². The van der Waals surface area contributed by atoms with Crippen molar-refractivity contribution >= 4 is 29.1 Å². The molecule has 0 aliphatic rings. The summed E-state index contributed by atoms with van der Waals surface area (Å²) in [6.07, 6.45) is 2.24. The number of nitrogens with zero attached hydrogens (tertiary/aromatic N) is 2. The smallest absolute Gasteiger partial charge is 0.225 e. The Morgan fingerprint density at radius 1 is 0.867 bits per heavy atom. The standard InChI is InChI=1S/C23H31N4O3/c1-6-8-21(28)25-19-14-17(15-20(24-19)26-22(29)9-7-2)16-10-12-18(13-11-16)27(30)23(3,4)5/h10-15H,6-9H2,1-5H3,(H2,24,25,26,28,29). The lowest BCUT2D eigenvalue weighted by Gasteiger charge is -2.28. The molecule has 1 aromatic heterocycles. The lowest BCUT2D eigenvalue weighted by molar-refractivity contribution is -0.117. The highest BCUT2D eigenvalue weighted by Gasteiger charge is 2.21. The molecule has 7 heteroatoms. The van der Waals surface area contributed by atoms with E-state index in [0.29, 0.717) is 30.2 Å². The number of rotatable bonds is 8. The summed E-state index contributed by atoms with van der Waals surface area (Å²) in [5.41, 5.74) is 1.66. The number of pyridine rings is 1. The molecule has 161 valence electrons. The zero-order valence-electron chi connectivity index (χ0n) is 18.4. The number of carbonyl (C=O) groups excluding carboxylic acids is 2. The average Bonchev–Trinajstić information content (AvgIpc) is 2.67. The molecule has 30 heavy (non-hydrogen) atoms. The molecule has 0 spiro atoms. The Morgan fingerprint density at radius 3 is 1.73 bits per heavy atom. The van der Waals surface area contributed by atoms with Gasteiger partial charge in [-0.25, -0.2) is 10.0 Å². The van der Waals surface area contributed by atoms with Crippen molar-refractivity contribution < 1.29 is 14.8 Å². The second kappa shape index (κ2) is 10.2. The van der Waals surface area contributed by atoms with Gasteiger partial charge in [0.1, 0.15) is 11.6 Å². The van der Waals surface area contributed by atoms with Gasteiger partial charge in [0.15, 0.2) is 0 Å². The molecular weight excluding hydrogens is 380 g/mol. The second-order valence-corrected chi connectivity index (χ2v) is 8.23. The Bertz CT molecular complexity index is 835. The van der Waals surface area contributed by atoms with E-state index in [1.54, 1.807) is 24.3 Å². The van der Waals surface area contributed by atoms with Crippen molar-refractivity contribution in [1.82, 2.24) is 4.98 Å². The third-order valence-corrected chi connectivity index (χ3v) is 4.36. The number of aromatic nitrogens is 1. The zero-order valence-corrected chi connectivity index (χ0v) is 18.4. The molecule has 1 aromatic carbocycles. The number of carbonyl (C=O) groups is 2. The maximum atomic E-state index is 12.4. The normalized spacial score (nSPS) is 11.1. The van der Waals surface area contributed by atoms with Gasteiger partial charge in [-0.15, -0.1) is 0 Å². The van der Waals surface area contributed by atoms with Crippen molar-refractivity contribution in [3.8, 4) is 11.1 Å². The Morgan fingerprint density at radius 2 is 1.33 bits per heavy atom. The maximum Gasteiger partial charge on any atom is 0.225 e. The van der Waals surface area contributed by atoms with E-state index >= 15 is 0 Å². The van der Waals surface area contributed by atoms with Crippen LogP contribution in [0, 0.1) is 0 Å². The second-order valence-electron chi connectivity index (χ2n) is 8.23. The van der Waals surface area contributed by atoms with Gasteiger partial charge in [0, 0.05) is 12.8 Å². The number of nitrogens with one attached hydrogen (secondary N) is 2. The van der Waals surface area contributed by atoms with Gasteiger partial charge in [0.2, 0.25) is 11.8 Å². The van der Waals surface area contributed by atoms with Crippen LogP contribution in [0.1, 0.15) is 60.3 Å². The van der Waals surface area contributed by atoms with E-state index in [-0.39, 0.29) is 11.8 Å². The summed E-state index contributed by atoms with van der Waals surface area (Å²) in [4.78, 5) is 28.4. The Kier molecular flexibility index (Phi) is 7.94. The first-order valence-corrected chi connectivity index (χ1v) is 10.3. The van der Waals surface area contributed by atoms with Gasteiger partial charge in [-0.05, 0) is 69.0 Å². The number of hydroxylamine groups is 1. The van der Waals surface area contributed by atoms with Gasteiger partial charge >= 0.3 is 0 Å². The lowest BCUT2D eigenvalue weighted by atomic mass is 10.0. The van der Waals surface area contributed by atoms with Gasteiger partial charge in [0.05, 0.1) is 11.2 Å². The van der Waals surface area contributed by atoms with E-state index in [1.165, 1.54) is 0 Å². The van der Waals surface area contributed by atoms with E-state index in [2.05, 4.69) is 15.6 Å². The molecule has 2 aromatic rings. The maximum absolute atomic E-state index is 12.4. The summed E-state index contributed by atoms with van der Waals surface area (Å²) in [6.45, 7) is 9.42. The molecule has 0 saturated heterocycles. The minimum atomic E-state index is -0.536. The summed E-state index contributed by atoms with van der Waals surface area (Å²) in [6, 6.07) is 10.7. The Balaban J connectivity index is 2.36. The van der Waals surface area contributed by atoms with Crippen LogP contribution in [0.25, 0.3) is 11.1 Å². The minimum absolute atomic E-state index is 0.129. The number of amides is 2. The fourth-order valence-corrected chi connectivity index (χ4v) is 2.87. The van der Waals surface area contributed by atoms with Crippen LogP contribution in [0.3, 0.4) is 0 Å². The molecular formula is C23H31N4O3. The molecule has 0 aliphatic heterocycles. The van der Waals surface area contributed by atoms with Gasteiger partial charge in [-0.2, -0.15) is 0 Å². The van der Waals surface area contributed by atoms with E-state index in [1.807, 2.05) is 46.8 Å². The number of benzene rings is 1. The molecule has 0 fully saturated rings. The van der Waals surface area contributed by atoms with Crippen LogP contribution < -0.4 is 15.7 Å². The SMILES string of the molecule is CCCC(=O)Nc1cc(-c2ccc(N([O])C(C)(C)C)cc2)cc(NC(=O)CCC)n1. The fraction of sp³-hybridized carbons (Fsp3) is 0.435. The summed E-state index contributed by atoms with van der Waals surface area (Å²) in [7, 11) is 0. The number of anilines is 3. The average molecular weight is 412 g/mol. The molecule has 2 rings (SSSR count). The van der Waals surface area contributed by atoms with E-state index in [0.717, 1.165) is 29.0 Å². The highest BCUT2D eigenvalue weighted by atomic mass is 16.5. The largest absolute Gasteiger partial charge is 0.311 e. The van der Waals surface area contributed by atoms with E-state index < -0.39 is 5.54 Å². The molecule has 7 nitrogen and oxygen atoms in total. The van der Waals surface area contributed by atoms with Crippen LogP contribution in [0.5, 0.6) is 0 Å². The number of hydrogen-bond acceptors (Lipinski definition) is 4. The molecule has 0 aliphatic carbocycles. The van der Waals surface area contributed by atoms with E-state index in [4.69, 9.17) is 0 Å². The van der Waals surface area contributed by atoms with Gasteiger partial charge in [0.25, 0.3) is 0 Å². The molecule has 2 amide bonds. The van der Waals surface area contributed by atoms with Crippen molar-refractivity contribution in [2.75, 3.05) is 15.7 Å². The highest BCUT2D eigenvalue weighted by molar-refractivity contribution is 5.93. The number of hydrogen-bond donors (Lipinski definition) is 2. The van der Waals surface area contributed by atoms with Crippen molar-refractivity contribution in [1.29, 1.82) is 0 Å². The van der Waals surface area contributed by atoms with Gasteiger partial charge in [-0.1, -0.05) is 31.2 Å². The van der Waals surface area contributed by atoms with Crippen LogP contribution in [-0.2, 0) is 14.8 Å². The fourth-order valence-electron chi connectivity index (χ4n) is 2.87. The highest BCUT2D eigenvalue weighted by Crippen LogP contribution is 2.29. The molecule has 1 radical (unpaired) electrons. The summed E-state index contributed by atoms with van der Waals surface area (Å²) in [5, 5.41) is 18.9. The topological polar surface area (TPSA) is 94.2 Å². The summed E-state index contributed by atoms with van der Waals surface area (Å²) >= 11 is 0. The summed E-state index contributed by atoms with van der Waals surface area (Å²) in [5.74, 6) is 0.495. The van der Waals surface area contributed by atoms with Crippen LogP contribution in [0.2, 0.25) is 0 Å². The molecule has 0 saturated carbocycles. The molecule has 2 N–H and O–H groups in total. The first kappa shape index (κ1) is 23.3. The first-order chi connectivity index (χ1) is 14.1. The first-order valence-electron chi connectivity index (χ1n) is 10.3. The molecule has 1 heterocycles. The van der Waals surface area contributed by atoms with Crippen LogP contribution in [0.4, 0.5) is 17.3 Å². The minimum Gasteiger partial charge on any atom is -0.311 e. The van der Waals surface area contributed by atoms with Crippen molar-refractivity contribution in [3.63, 3.8) is 0 Å². The van der Waals surface area contributed by atoms with E-state index in [9.17, 15) is 14.8 Å². The van der Waals surface area contributed by atoms with Crippen LogP contribution >= 0.6 is 0 Å². The Hall–Kier alpha value is -2.93. The van der Waals surface area contributed by atoms with Crippen LogP contribution in [-0.4, -0.2) is 22.3 Å². The lowest BCUT2D eigenvalue weighted by Crippen LogP contribution is -2.37. The molecule has 0 unspecified atom stereocenters. The molecule has 0 atom stereocenters. The third-order valence-electron chi connectivity index (χ3n) is 4.36. The van der Waals surface area contributed by atoms with Gasteiger partial charge in [-0.3, -0.25) is 9.59 Å². The monoisotopic (exact) mass is 411 g/mol. The molecule has 0 bridgehead atoms. The third kappa shape index (κ3) is 6.56. The van der Waals surface area contributed by atoms with Gasteiger partial charge < -0.3 is 10.6 Å². The predicted molar refractivity (Wildman–Crippen MR) is 120 cm³/mol. The predicted octanol–water partition coefficient (Wildman–Crippen LogP) is 5.18. The van der Waals surface area contributed by atoms with Crippen molar-refractivity contribution in [3.05, 3.63) is 36.4 Å². The summed E-state index contributed by atoms with van der Waals surface area (Å²) < 4.78 is 0. The quantitative estimate of drug-likeness (QED) is 0.586. The Labute approximate surface area is 178 Å². The zero-order chi connectivity index (χ0) is 22.3. The van der Waals surface area contributed by atoms with Crippen LogP contribution in [0.15, 0.2) is 36.4 Å².